The van der Waals surface area contributed by atoms with Crippen molar-refractivity contribution in [1.82, 2.24) is 0 Å². The van der Waals surface area contributed by atoms with Crippen LogP contribution in [0, 0.1) is 17.3 Å². The van der Waals surface area contributed by atoms with E-state index < -0.39 is 5.60 Å². The second kappa shape index (κ2) is 4.30. The van der Waals surface area contributed by atoms with E-state index in [1.807, 2.05) is 0 Å². The summed E-state index contributed by atoms with van der Waals surface area (Å²) in [5, 5.41) is 10.9. The predicted octanol–water partition coefficient (Wildman–Crippen LogP) is 2.99. The van der Waals surface area contributed by atoms with Crippen LogP contribution in [0.2, 0.25) is 0 Å². The highest BCUT2D eigenvalue weighted by Crippen LogP contribution is 2.48. The second-order valence-electron chi connectivity index (χ2n) is 6.87. The normalized spacial score (nSPS) is 44.2. The van der Waals surface area contributed by atoms with Crippen LogP contribution in [0.1, 0.15) is 52.9 Å². The molecule has 2 rings (SSSR count). The van der Waals surface area contributed by atoms with Crippen molar-refractivity contribution in [1.29, 1.82) is 0 Å². The zero-order valence-electron chi connectivity index (χ0n) is 11.0. The summed E-state index contributed by atoms with van der Waals surface area (Å²) in [5.74, 6) is 0.999. The van der Waals surface area contributed by atoms with Gasteiger partial charge in [0.2, 0.25) is 0 Å². The Hall–Kier alpha value is -0.0800. The Morgan fingerprint density at radius 2 is 2.00 bits per heavy atom. The van der Waals surface area contributed by atoms with Crippen molar-refractivity contribution in [2.75, 3.05) is 13.2 Å². The van der Waals surface area contributed by atoms with Gasteiger partial charge < -0.3 is 9.84 Å². The fourth-order valence-corrected chi connectivity index (χ4v) is 4.07. The van der Waals surface area contributed by atoms with Crippen LogP contribution in [0.15, 0.2) is 0 Å². The maximum Gasteiger partial charge on any atom is 0.0705 e. The Balaban J connectivity index is 2.09. The Kier molecular flexibility index (Phi) is 3.33. The largest absolute Gasteiger partial charge is 0.389 e. The highest BCUT2D eigenvalue weighted by molar-refractivity contribution is 4.97. The fraction of sp³-hybridized carbons (Fsp3) is 1.00. The Morgan fingerprint density at radius 1 is 1.25 bits per heavy atom. The van der Waals surface area contributed by atoms with Gasteiger partial charge in [0.25, 0.3) is 0 Å². The molecule has 2 aliphatic rings. The standard InChI is InChI=1S/C14H26O2/c1-11-7-13(2,3)10-14(15,8-11)12-5-4-6-16-9-12/h11-12,15H,4-10H2,1-3H3. The molecule has 2 fully saturated rings. The number of hydrogen-bond acceptors (Lipinski definition) is 2. The molecule has 0 bridgehead atoms. The molecule has 16 heavy (non-hydrogen) atoms. The smallest absolute Gasteiger partial charge is 0.0705 e. The van der Waals surface area contributed by atoms with E-state index in [1.165, 1.54) is 6.42 Å². The van der Waals surface area contributed by atoms with Crippen LogP contribution in [0.5, 0.6) is 0 Å². The van der Waals surface area contributed by atoms with Crippen LogP contribution in [0.25, 0.3) is 0 Å². The van der Waals surface area contributed by atoms with E-state index in [0.717, 1.165) is 38.9 Å². The molecular weight excluding hydrogens is 200 g/mol. The zero-order valence-corrected chi connectivity index (χ0v) is 11.0. The first-order chi connectivity index (χ1) is 7.41. The molecule has 1 saturated carbocycles. The minimum absolute atomic E-state index is 0.282. The molecule has 1 N–H and O–H groups in total. The molecule has 3 unspecified atom stereocenters. The highest BCUT2D eigenvalue weighted by Gasteiger charge is 2.46. The average Bonchev–Trinajstić information content (AvgIpc) is 2.15. The third-order valence-corrected chi connectivity index (χ3v) is 4.31. The number of hydrogen-bond donors (Lipinski definition) is 1. The maximum atomic E-state index is 10.9. The molecule has 0 aromatic rings. The summed E-state index contributed by atoms with van der Waals surface area (Å²) in [6.07, 6.45) is 5.40. The Morgan fingerprint density at radius 3 is 2.56 bits per heavy atom. The molecule has 0 aromatic carbocycles. The van der Waals surface area contributed by atoms with Gasteiger partial charge in [-0.05, 0) is 43.4 Å². The predicted molar refractivity (Wildman–Crippen MR) is 65.3 cm³/mol. The van der Waals surface area contributed by atoms with E-state index >= 15 is 0 Å². The summed E-state index contributed by atoms with van der Waals surface area (Å²) in [6.45, 7) is 8.50. The third-order valence-electron chi connectivity index (χ3n) is 4.31. The summed E-state index contributed by atoms with van der Waals surface area (Å²) >= 11 is 0. The van der Waals surface area contributed by atoms with Gasteiger partial charge >= 0.3 is 0 Å². The molecule has 1 aliphatic heterocycles. The molecule has 1 heterocycles. The van der Waals surface area contributed by atoms with Gasteiger partial charge in [-0.1, -0.05) is 20.8 Å². The second-order valence-corrected chi connectivity index (χ2v) is 6.87. The zero-order chi connectivity index (χ0) is 11.8. The summed E-state index contributed by atoms with van der Waals surface area (Å²) < 4.78 is 5.54. The lowest BCUT2D eigenvalue weighted by Gasteiger charge is -2.49. The number of ether oxygens (including phenoxy) is 1. The molecule has 3 atom stereocenters. The van der Waals surface area contributed by atoms with Crippen LogP contribution >= 0.6 is 0 Å². The summed E-state index contributed by atoms with van der Waals surface area (Å²) in [5.41, 5.74) is -0.189. The van der Waals surface area contributed by atoms with Crippen LogP contribution in [0.3, 0.4) is 0 Å². The van der Waals surface area contributed by atoms with Crippen LogP contribution in [-0.2, 0) is 4.74 Å². The summed E-state index contributed by atoms with van der Waals surface area (Å²) in [6, 6.07) is 0. The molecule has 0 spiro atoms. The molecule has 2 nitrogen and oxygen atoms in total. The third kappa shape index (κ3) is 2.60. The molecule has 0 radical (unpaired) electrons. The Labute approximate surface area is 99.4 Å². The van der Waals surface area contributed by atoms with Crippen molar-refractivity contribution in [3.05, 3.63) is 0 Å². The van der Waals surface area contributed by atoms with Crippen LogP contribution in [0.4, 0.5) is 0 Å². The van der Waals surface area contributed by atoms with Crippen molar-refractivity contribution in [2.45, 2.75) is 58.5 Å². The molecule has 94 valence electrons. The highest BCUT2D eigenvalue weighted by atomic mass is 16.5. The van der Waals surface area contributed by atoms with E-state index in [4.69, 9.17) is 4.74 Å². The molecule has 1 saturated heterocycles. The first-order valence-electron chi connectivity index (χ1n) is 6.71. The van der Waals surface area contributed by atoms with Gasteiger partial charge in [-0.15, -0.1) is 0 Å². The molecule has 1 aliphatic carbocycles. The topological polar surface area (TPSA) is 29.5 Å². The lowest BCUT2D eigenvalue weighted by molar-refractivity contribution is -0.132. The van der Waals surface area contributed by atoms with Gasteiger partial charge in [-0.3, -0.25) is 0 Å². The van der Waals surface area contributed by atoms with E-state index in [-0.39, 0.29) is 5.41 Å². The quantitative estimate of drug-likeness (QED) is 0.745. The van der Waals surface area contributed by atoms with Gasteiger partial charge in [-0.25, -0.2) is 0 Å². The molecule has 0 amide bonds. The monoisotopic (exact) mass is 226 g/mol. The minimum atomic E-state index is -0.471. The minimum Gasteiger partial charge on any atom is -0.389 e. The van der Waals surface area contributed by atoms with Crippen molar-refractivity contribution >= 4 is 0 Å². The molecule has 0 aromatic heterocycles. The van der Waals surface area contributed by atoms with Crippen molar-refractivity contribution in [2.24, 2.45) is 17.3 Å². The van der Waals surface area contributed by atoms with Gasteiger partial charge in [0.05, 0.1) is 12.2 Å². The van der Waals surface area contributed by atoms with E-state index in [0.29, 0.717) is 11.8 Å². The van der Waals surface area contributed by atoms with Gasteiger partial charge in [-0.2, -0.15) is 0 Å². The maximum absolute atomic E-state index is 10.9. The lowest BCUT2D eigenvalue weighted by Crippen LogP contribution is -2.49. The summed E-state index contributed by atoms with van der Waals surface area (Å²) in [4.78, 5) is 0. The average molecular weight is 226 g/mol. The van der Waals surface area contributed by atoms with E-state index in [9.17, 15) is 5.11 Å². The van der Waals surface area contributed by atoms with Crippen molar-refractivity contribution in [3.8, 4) is 0 Å². The van der Waals surface area contributed by atoms with Gasteiger partial charge in [0.1, 0.15) is 0 Å². The van der Waals surface area contributed by atoms with Gasteiger partial charge in [0.15, 0.2) is 0 Å². The van der Waals surface area contributed by atoms with Crippen LogP contribution < -0.4 is 0 Å². The van der Waals surface area contributed by atoms with Crippen molar-refractivity contribution in [3.63, 3.8) is 0 Å². The number of rotatable bonds is 1. The fourth-order valence-electron chi connectivity index (χ4n) is 4.07. The van der Waals surface area contributed by atoms with Crippen molar-refractivity contribution < 1.29 is 9.84 Å². The first kappa shape index (κ1) is 12.4. The summed E-state index contributed by atoms with van der Waals surface area (Å²) in [7, 11) is 0. The molecule has 2 heteroatoms. The number of aliphatic hydroxyl groups is 1. The van der Waals surface area contributed by atoms with Crippen LogP contribution in [-0.4, -0.2) is 23.9 Å². The van der Waals surface area contributed by atoms with Gasteiger partial charge in [0, 0.05) is 12.5 Å². The Bertz CT molecular complexity index is 243. The lowest BCUT2D eigenvalue weighted by atomic mass is 9.61. The first-order valence-corrected chi connectivity index (χ1v) is 6.71. The SMILES string of the molecule is CC1CC(C)(C)CC(O)(C2CCCOC2)C1. The molecular formula is C14H26O2. The van der Waals surface area contributed by atoms with E-state index in [2.05, 4.69) is 20.8 Å². The van der Waals surface area contributed by atoms with E-state index in [1.54, 1.807) is 0 Å².